The molecule has 6 N–H and O–H groups in total. The molecule has 4 rings (SSSR count). The second-order valence-corrected chi connectivity index (χ2v) is 12.4. The van der Waals surface area contributed by atoms with Gasteiger partial charge in [-0.15, -0.1) is 10.5 Å². The number of amides is 1. The fourth-order valence-corrected chi connectivity index (χ4v) is 7.39. The minimum atomic E-state index is -4.34. The maximum absolute atomic E-state index is 15.3. The summed E-state index contributed by atoms with van der Waals surface area (Å²) in [6.07, 6.45) is -2.48. The molecule has 1 amide bonds. The second-order valence-electron chi connectivity index (χ2n) is 9.76. The van der Waals surface area contributed by atoms with Crippen molar-refractivity contribution in [3.8, 4) is 5.75 Å². The molecule has 2 aliphatic heterocycles. The molecule has 2 aliphatic rings. The molecule has 0 spiro atoms. The van der Waals surface area contributed by atoms with Gasteiger partial charge in [-0.1, -0.05) is 0 Å². The smallest absolute Gasteiger partial charge is 0.340 e. The van der Waals surface area contributed by atoms with Crippen molar-refractivity contribution in [3.63, 3.8) is 0 Å². The zero-order valence-corrected chi connectivity index (χ0v) is 22.1. The Morgan fingerprint density at radius 1 is 1.23 bits per heavy atom. The maximum atomic E-state index is 15.3. The third kappa shape index (κ3) is 4.87. The monoisotopic (exact) mass is 573 g/mol. The van der Waals surface area contributed by atoms with E-state index in [1.165, 1.54) is 6.07 Å². The van der Waals surface area contributed by atoms with Gasteiger partial charge < -0.3 is 21.5 Å². The van der Waals surface area contributed by atoms with Gasteiger partial charge in [0.05, 0.1) is 15.8 Å². The Kier molecular flexibility index (Phi) is 7.46. The summed E-state index contributed by atoms with van der Waals surface area (Å²) in [5.41, 5.74) is 12.8. The number of alkyl halides is 4. The summed E-state index contributed by atoms with van der Waals surface area (Å²) in [4.78, 5) is 25.0. The lowest BCUT2D eigenvalue weighted by molar-refractivity contribution is -0.148. The van der Waals surface area contributed by atoms with Crippen LogP contribution < -0.4 is 26.8 Å². The number of fused-ring (bicyclic) bond motifs is 1. The fourth-order valence-electron chi connectivity index (χ4n) is 4.53. The predicted molar refractivity (Wildman–Crippen MR) is 139 cm³/mol. The number of carbonyl (C=O) groups excluding carboxylic acids is 1. The molecule has 4 heterocycles. The van der Waals surface area contributed by atoms with Crippen molar-refractivity contribution in [3.05, 3.63) is 47.7 Å². The summed E-state index contributed by atoms with van der Waals surface area (Å²) in [5, 5.41) is 5.83. The first-order chi connectivity index (χ1) is 18.2. The van der Waals surface area contributed by atoms with Gasteiger partial charge in [-0.05, 0) is 58.0 Å². The van der Waals surface area contributed by atoms with Gasteiger partial charge in [0.2, 0.25) is 0 Å². The van der Waals surface area contributed by atoms with Crippen LogP contribution in [0.15, 0.2) is 35.5 Å². The van der Waals surface area contributed by atoms with E-state index in [1.807, 2.05) is 19.3 Å². The average Bonchev–Trinajstić information content (AvgIpc) is 2.85. The molecule has 3 atom stereocenters. The Morgan fingerprint density at radius 2 is 1.95 bits per heavy atom. The van der Waals surface area contributed by atoms with Gasteiger partial charge >= 0.3 is 12.3 Å². The number of aromatic nitrogens is 2. The van der Waals surface area contributed by atoms with Crippen LogP contribution >= 0.6 is 10.5 Å². The molecule has 0 radical (unpaired) electrons. The molecule has 0 bridgehead atoms. The van der Waals surface area contributed by atoms with E-state index >= 15 is 4.39 Å². The summed E-state index contributed by atoms with van der Waals surface area (Å²) in [6.45, 7) is 4.40. The average molecular weight is 574 g/mol. The number of hydrogen-bond donors (Lipinski definition) is 4. The van der Waals surface area contributed by atoms with Crippen molar-refractivity contribution in [2.24, 2.45) is 16.5 Å². The number of pyridine rings is 2. The number of hydrogen-bond acceptors (Lipinski definition) is 8. The first-order valence-electron chi connectivity index (χ1n) is 11.8. The highest BCUT2D eigenvalue weighted by Crippen LogP contribution is 2.61. The third-order valence-electron chi connectivity index (χ3n) is 6.85. The summed E-state index contributed by atoms with van der Waals surface area (Å²) < 4.78 is 70.2. The number of aliphatic imine (C=N–C) groups is 1. The molecule has 0 saturated carbocycles. The van der Waals surface area contributed by atoms with Gasteiger partial charge in [0.1, 0.15) is 40.1 Å². The van der Waals surface area contributed by atoms with Crippen molar-refractivity contribution in [2.75, 3.05) is 18.5 Å². The number of nitrogens with one attached hydrogen (secondary N) is 2. The molecule has 0 saturated heterocycles. The second kappa shape index (κ2) is 10.1. The standard InChI is InChI=1S/C24H28F5N7O2S/c1-21(2)20(31)36-22(3,24(8-9-30)33-12-39(21)24)17-14(25)5-7-16(34-17)35-18(37)15-6-4-13(10-32-15)38-11-23(28,29)19(26)27/h4-7,10,12,19,33H,8-9,11,30H2,1-3H3,(H2,31,36)(H,34,35,37)/t22-,24+,39?/m1/s1. The molecule has 0 aliphatic carbocycles. The van der Waals surface area contributed by atoms with E-state index in [0.717, 1.165) is 24.4 Å². The largest absolute Gasteiger partial charge is 0.485 e. The number of rotatable bonds is 9. The molecule has 0 aromatic carbocycles. The Bertz CT molecular complexity index is 1340. The zero-order chi connectivity index (χ0) is 28.8. The van der Waals surface area contributed by atoms with E-state index < -0.39 is 56.3 Å². The first kappa shape index (κ1) is 28.8. The highest BCUT2D eigenvalue weighted by atomic mass is 32.2. The number of amidine groups is 1. The van der Waals surface area contributed by atoms with Gasteiger partial charge in [0, 0.05) is 5.49 Å². The summed E-state index contributed by atoms with van der Waals surface area (Å²) in [5.74, 6) is -5.62. The Labute approximate surface area is 223 Å². The zero-order valence-electron chi connectivity index (χ0n) is 21.3. The van der Waals surface area contributed by atoms with Crippen LogP contribution in [0.1, 0.15) is 43.4 Å². The number of nitrogens with two attached hydrogens (primary N) is 2. The number of anilines is 1. The van der Waals surface area contributed by atoms with Crippen molar-refractivity contribution in [1.29, 1.82) is 0 Å². The maximum Gasteiger partial charge on any atom is 0.340 e. The summed E-state index contributed by atoms with van der Waals surface area (Å²) in [6, 6.07) is 4.70. The van der Waals surface area contributed by atoms with E-state index in [2.05, 4.69) is 25.3 Å². The van der Waals surface area contributed by atoms with Crippen LogP contribution in [0, 0.1) is 5.82 Å². The van der Waals surface area contributed by atoms with E-state index in [0.29, 0.717) is 18.8 Å². The van der Waals surface area contributed by atoms with E-state index in [9.17, 15) is 22.4 Å². The van der Waals surface area contributed by atoms with Crippen LogP contribution in [0.4, 0.5) is 27.8 Å². The van der Waals surface area contributed by atoms with Crippen LogP contribution in [0.25, 0.3) is 0 Å². The normalized spacial score (nSPS) is 25.7. The number of nitrogens with zero attached hydrogens (tertiary/aromatic N) is 3. The molecular formula is C24H28F5N7O2S. The summed E-state index contributed by atoms with van der Waals surface area (Å²) >= 11 is 0. The minimum Gasteiger partial charge on any atom is -0.485 e. The third-order valence-corrected chi connectivity index (χ3v) is 9.98. The topological polar surface area (TPSA) is 141 Å². The van der Waals surface area contributed by atoms with Gasteiger partial charge in [-0.25, -0.2) is 23.1 Å². The van der Waals surface area contributed by atoms with Crippen LogP contribution in [-0.4, -0.2) is 62.3 Å². The lowest BCUT2D eigenvalue weighted by Crippen LogP contribution is -2.70. The number of carbonyl (C=O) groups is 1. The lowest BCUT2D eigenvalue weighted by Gasteiger charge is -2.60. The van der Waals surface area contributed by atoms with Crippen molar-refractivity contribution in [1.82, 2.24) is 15.3 Å². The first-order valence-corrected chi connectivity index (χ1v) is 13.1. The number of halogens is 5. The van der Waals surface area contributed by atoms with Gasteiger partial charge in [0.15, 0.2) is 6.61 Å². The highest BCUT2D eigenvalue weighted by Gasteiger charge is 2.63. The molecule has 0 fully saturated rings. The van der Waals surface area contributed by atoms with E-state index in [1.54, 1.807) is 6.92 Å². The van der Waals surface area contributed by atoms with Crippen LogP contribution in [0.2, 0.25) is 0 Å². The molecular weight excluding hydrogens is 545 g/mol. The Hall–Kier alpha value is -3.17. The van der Waals surface area contributed by atoms with E-state index in [4.69, 9.17) is 16.5 Å². The van der Waals surface area contributed by atoms with E-state index in [-0.39, 0.29) is 23.0 Å². The SMILES string of the molecule is CC1(C)C(N)=N[C@](C)(c2nc(NC(=O)c3ccc(OCC(F)(F)C(F)F)cn3)ccc2F)[C@@]2(CCN)NC=S12. The molecule has 39 heavy (non-hydrogen) atoms. The fraction of sp³-hybridized carbons (Fsp3) is 0.458. The molecule has 2 aromatic rings. The van der Waals surface area contributed by atoms with Crippen molar-refractivity contribution in [2.45, 2.75) is 54.7 Å². The van der Waals surface area contributed by atoms with Gasteiger partial charge in [-0.3, -0.25) is 15.1 Å². The van der Waals surface area contributed by atoms with Crippen LogP contribution in [0.5, 0.6) is 5.75 Å². The van der Waals surface area contributed by atoms with Gasteiger partial charge in [-0.2, -0.15) is 8.78 Å². The molecule has 1 unspecified atom stereocenters. The highest BCUT2D eigenvalue weighted by molar-refractivity contribution is 8.19. The summed E-state index contributed by atoms with van der Waals surface area (Å²) in [7, 11) is -0.467. The number of ether oxygens (including phenoxy) is 1. The van der Waals surface area contributed by atoms with Crippen LogP contribution in [0.3, 0.4) is 0 Å². The predicted octanol–water partition coefficient (Wildman–Crippen LogP) is 3.19. The lowest BCUT2D eigenvalue weighted by atomic mass is 9.84. The molecule has 9 nitrogen and oxygen atoms in total. The Morgan fingerprint density at radius 3 is 2.51 bits per heavy atom. The van der Waals surface area contributed by atoms with Crippen LogP contribution in [-0.2, 0) is 5.54 Å². The minimum absolute atomic E-state index is 0.000942. The molecule has 15 heteroatoms. The molecule has 212 valence electrons. The quantitative estimate of drug-likeness (QED) is 0.267. The van der Waals surface area contributed by atoms with Gasteiger partial charge in [0.25, 0.3) is 5.91 Å². The van der Waals surface area contributed by atoms with Crippen molar-refractivity contribution >= 4 is 33.5 Å². The molecule has 2 aromatic heterocycles. The Balaban J connectivity index is 1.58. The van der Waals surface area contributed by atoms with Crippen molar-refractivity contribution < 1.29 is 31.5 Å².